The summed E-state index contributed by atoms with van der Waals surface area (Å²) >= 11 is 3.02. The Hall–Kier alpha value is -3.80. The molecule has 0 saturated heterocycles. The molecule has 2 aromatic carbocycles. The molecule has 0 amide bonds. The maximum Gasteiger partial charge on any atom is 0.344 e. The number of nitro benzene ring substituents is 2. The van der Waals surface area contributed by atoms with Gasteiger partial charge in [-0.15, -0.1) is 0 Å². The number of carboxylic acids is 1. The van der Waals surface area contributed by atoms with Crippen molar-refractivity contribution in [3.63, 3.8) is 0 Å². The van der Waals surface area contributed by atoms with Crippen molar-refractivity contribution in [2.24, 2.45) is 0 Å². The van der Waals surface area contributed by atoms with Gasteiger partial charge in [0.15, 0.2) is 0 Å². The molecule has 0 aromatic heterocycles. The summed E-state index contributed by atoms with van der Waals surface area (Å²) in [6.07, 6.45) is 0. The second-order valence-corrected chi connectivity index (χ2v) is 6.48. The van der Waals surface area contributed by atoms with Crippen LogP contribution in [0.25, 0.3) is 5.76 Å². The van der Waals surface area contributed by atoms with E-state index in [1.54, 1.807) is 6.92 Å². The van der Waals surface area contributed by atoms with Crippen molar-refractivity contribution in [1.82, 2.24) is 0 Å². The van der Waals surface area contributed by atoms with Gasteiger partial charge in [-0.25, -0.2) is 9.59 Å². The van der Waals surface area contributed by atoms with Gasteiger partial charge in [0.25, 0.3) is 11.4 Å². The van der Waals surface area contributed by atoms with E-state index in [-0.39, 0.29) is 16.8 Å². The predicted octanol–water partition coefficient (Wildman–Crippen LogP) is 4.44. The molecule has 0 fully saturated rings. The van der Waals surface area contributed by atoms with Gasteiger partial charge in [0.1, 0.15) is 16.9 Å². The summed E-state index contributed by atoms with van der Waals surface area (Å²) in [5, 5.41) is 29.9. The van der Waals surface area contributed by atoms with E-state index in [9.17, 15) is 29.8 Å². The minimum Gasteiger partial charge on any atom is -0.494 e. The minimum atomic E-state index is -1.31. The Morgan fingerprint density at radius 3 is 2.10 bits per heavy atom. The molecule has 0 bridgehead atoms. The van der Waals surface area contributed by atoms with Gasteiger partial charge in [-0.3, -0.25) is 20.2 Å². The molecule has 1 N–H and O–H groups in total. The van der Waals surface area contributed by atoms with E-state index in [2.05, 4.69) is 27.2 Å². The quantitative estimate of drug-likeness (QED) is 0.252. The van der Waals surface area contributed by atoms with Crippen LogP contribution < -0.4 is 0 Å². The highest BCUT2D eigenvalue weighted by Crippen LogP contribution is 2.25. The first-order valence-corrected chi connectivity index (χ1v) is 9.18. The number of carbonyl (C=O) groups excluding carboxylic acids is 1. The summed E-state index contributed by atoms with van der Waals surface area (Å²) < 4.78 is 10.1. The van der Waals surface area contributed by atoms with Gasteiger partial charge in [0, 0.05) is 22.2 Å². The molecular weight excluding hydrogens is 480 g/mol. The molecular formula is C19H17BrN2O9. The third-order valence-corrected chi connectivity index (χ3v) is 4.12. The van der Waals surface area contributed by atoms with Crippen molar-refractivity contribution in [3.05, 3.63) is 84.4 Å². The Morgan fingerprint density at radius 1 is 1.06 bits per heavy atom. The maximum absolute atomic E-state index is 11.4. The van der Waals surface area contributed by atoms with Crippen molar-refractivity contribution < 1.29 is 34.0 Å². The number of benzene rings is 2. The van der Waals surface area contributed by atoms with E-state index < -0.39 is 27.5 Å². The number of esters is 1. The van der Waals surface area contributed by atoms with Crippen molar-refractivity contribution in [2.75, 3.05) is 13.7 Å². The van der Waals surface area contributed by atoms with E-state index in [0.29, 0.717) is 22.4 Å². The van der Waals surface area contributed by atoms with Crippen LogP contribution in [0.3, 0.4) is 0 Å². The topological polar surface area (TPSA) is 159 Å². The predicted molar refractivity (Wildman–Crippen MR) is 113 cm³/mol. The molecule has 12 heteroatoms. The fourth-order valence-electron chi connectivity index (χ4n) is 2.23. The Balaban J connectivity index is 0.000000327. The summed E-state index contributed by atoms with van der Waals surface area (Å²) in [5.74, 6) is -1.74. The number of nitro groups is 2. The molecule has 0 saturated carbocycles. The zero-order chi connectivity index (χ0) is 23.7. The normalized spacial score (nSPS) is 9.65. The highest BCUT2D eigenvalue weighted by Gasteiger charge is 2.22. The Morgan fingerprint density at radius 2 is 1.61 bits per heavy atom. The SMILES string of the molecule is C=C(OCC)c1ccc(C(=O)OC)c([N+](=O)[O-])c1.O=C(O)c1ccc(Br)cc1[N+](=O)[O-]. The second kappa shape index (κ2) is 11.4. The van der Waals surface area contributed by atoms with Crippen LogP contribution in [0.15, 0.2) is 47.4 Å². The zero-order valence-corrected chi connectivity index (χ0v) is 17.9. The number of aromatic carboxylic acids is 1. The molecule has 0 unspecified atom stereocenters. The summed E-state index contributed by atoms with van der Waals surface area (Å²) in [5.41, 5.74) is -0.706. The number of hydrogen-bond acceptors (Lipinski definition) is 8. The van der Waals surface area contributed by atoms with Crippen LogP contribution in [0.4, 0.5) is 11.4 Å². The van der Waals surface area contributed by atoms with Crippen LogP contribution in [0.2, 0.25) is 0 Å². The van der Waals surface area contributed by atoms with E-state index in [4.69, 9.17) is 9.84 Å². The molecule has 2 rings (SSSR count). The maximum atomic E-state index is 11.4. The summed E-state index contributed by atoms with van der Waals surface area (Å²) in [6.45, 7) is 5.84. The number of ether oxygens (including phenoxy) is 2. The molecule has 0 spiro atoms. The van der Waals surface area contributed by atoms with Crippen molar-refractivity contribution in [3.8, 4) is 0 Å². The van der Waals surface area contributed by atoms with Crippen LogP contribution in [0.1, 0.15) is 33.2 Å². The average molecular weight is 497 g/mol. The van der Waals surface area contributed by atoms with E-state index in [1.807, 2.05) is 0 Å². The van der Waals surface area contributed by atoms with Crippen LogP contribution in [0, 0.1) is 20.2 Å². The minimum absolute atomic E-state index is 0.101. The lowest BCUT2D eigenvalue weighted by Crippen LogP contribution is -2.06. The van der Waals surface area contributed by atoms with Gasteiger partial charge < -0.3 is 14.6 Å². The highest BCUT2D eigenvalue weighted by molar-refractivity contribution is 9.10. The fraction of sp³-hybridized carbons (Fsp3) is 0.158. The van der Waals surface area contributed by atoms with Gasteiger partial charge in [-0.2, -0.15) is 0 Å². The smallest absolute Gasteiger partial charge is 0.344 e. The van der Waals surface area contributed by atoms with Crippen molar-refractivity contribution in [2.45, 2.75) is 6.92 Å². The van der Waals surface area contributed by atoms with Gasteiger partial charge in [-0.1, -0.05) is 22.5 Å². The molecule has 0 aliphatic heterocycles. The van der Waals surface area contributed by atoms with Gasteiger partial charge in [0.2, 0.25) is 0 Å². The molecule has 31 heavy (non-hydrogen) atoms. The van der Waals surface area contributed by atoms with E-state index in [0.717, 1.165) is 6.07 Å². The molecule has 0 aliphatic carbocycles. The lowest BCUT2D eigenvalue weighted by molar-refractivity contribution is -0.385. The number of hydrogen-bond donors (Lipinski definition) is 1. The lowest BCUT2D eigenvalue weighted by Gasteiger charge is -2.08. The molecule has 11 nitrogen and oxygen atoms in total. The van der Waals surface area contributed by atoms with Crippen LogP contribution in [0.5, 0.6) is 0 Å². The van der Waals surface area contributed by atoms with Gasteiger partial charge in [-0.05, 0) is 31.2 Å². The monoisotopic (exact) mass is 496 g/mol. The number of rotatable bonds is 7. The van der Waals surface area contributed by atoms with Crippen molar-refractivity contribution >= 4 is 45.0 Å². The lowest BCUT2D eigenvalue weighted by atomic mass is 10.1. The van der Waals surface area contributed by atoms with Crippen molar-refractivity contribution in [1.29, 1.82) is 0 Å². The Labute approximate surface area is 184 Å². The van der Waals surface area contributed by atoms with E-state index >= 15 is 0 Å². The standard InChI is InChI=1S/C12H13NO5.C7H4BrNO4/c1-4-18-8(2)9-5-6-10(12(14)17-3)11(7-9)13(15)16;8-4-1-2-5(7(10)11)6(3-4)9(12)13/h5-7H,2,4H2,1,3H3;1-3H,(H,10,11). The summed E-state index contributed by atoms with van der Waals surface area (Å²) in [4.78, 5) is 41.8. The van der Waals surface area contributed by atoms with Gasteiger partial charge >= 0.3 is 11.9 Å². The van der Waals surface area contributed by atoms with Crippen LogP contribution >= 0.6 is 15.9 Å². The zero-order valence-electron chi connectivity index (χ0n) is 16.4. The number of carboxylic acid groups (broad SMARTS) is 1. The third kappa shape index (κ3) is 6.89. The Kier molecular flexibility index (Phi) is 9.28. The number of halogens is 1. The molecule has 164 valence electrons. The van der Waals surface area contributed by atoms with Gasteiger partial charge in [0.05, 0.1) is 23.6 Å². The average Bonchev–Trinajstić information content (AvgIpc) is 2.72. The number of carbonyl (C=O) groups is 2. The fourth-order valence-corrected chi connectivity index (χ4v) is 2.58. The number of nitrogens with zero attached hydrogens (tertiary/aromatic N) is 2. The van der Waals surface area contributed by atoms with Crippen LogP contribution in [-0.4, -0.2) is 40.6 Å². The molecule has 2 aromatic rings. The summed E-state index contributed by atoms with van der Waals surface area (Å²) in [6, 6.07) is 7.87. The summed E-state index contributed by atoms with van der Waals surface area (Å²) in [7, 11) is 1.17. The Bertz CT molecular complexity index is 1040. The second-order valence-electron chi connectivity index (χ2n) is 5.56. The number of methoxy groups -OCH3 is 1. The molecule has 0 atom stereocenters. The molecule has 0 aliphatic rings. The molecule has 0 heterocycles. The molecule has 0 radical (unpaired) electrons. The third-order valence-electron chi connectivity index (χ3n) is 3.63. The van der Waals surface area contributed by atoms with Crippen LogP contribution in [-0.2, 0) is 9.47 Å². The highest BCUT2D eigenvalue weighted by atomic mass is 79.9. The first-order valence-electron chi connectivity index (χ1n) is 8.39. The van der Waals surface area contributed by atoms with E-state index in [1.165, 1.54) is 37.4 Å². The largest absolute Gasteiger partial charge is 0.494 e. The first kappa shape index (κ1) is 25.2. The first-order chi connectivity index (χ1) is 14.5.